The van der Waals surface area contributed by atoms with Gasteiger partial charge in [-0.2, -0.15) is 13.2 Å². The Bertz CT molecular complexity index is 895. The quantitative estimate of drug-likeness (QED) is 0.655. The van der Waals surface area contributed by atoms with Crippen molar-refractivity contribution in [3.8, 4) is 0 Å². The molecule has 0 aromatic heterocycles. The lowest BCUT2D eigenvalue weighted by Crippen LogP contribution is -2.31. The molecule has 0 saturated heterocycles. The van der Waals surface area contributed by atoms with Gasteiger partial charge in [0, 0.05) is 12.1 Å². The van der Waals surface area contributed by atoms with Crippen molar-refractivity contribution in [3.63, 3.8) is 0 Å². The zero-order valence-electron chi connectivity index (χ0n) is 15.8. The van der Waals surface area contributed by atoms with E-state index >= 15 is 0 Å². The Morgan fingerprint density at radius 2 is 1.83 bits per heavy atom. The third-order valence-corrected chi connectivity index (χ3v) is 4.64. The second-order valence-electron chi connectivity index (χ2n) is 7.07. The second-order valence-corrected chi connectivity index (χ2v) is 7.07. The lowest BCUT2D eigenvalue weighted by molar-refractivity contribution is -0.137. The first kappa shape index (κ1) is 20.9. The van der Waals surface area contributed by atoms with E-state index in [2.05, 4.69) is 16.0 Å². The molecule has 1 aliphatic carbocycles. The van der Waals surface area contributed by atoms with E-state index in [0.29, 0.717) is 16.8 Å². The molecule has 3 rings (SSSR count). The van der Waals surface area contributed by atoms with Gasteiger partial charge in [-0.05, 0) is 49.6 Å². The average molecular weight is 405 g/mol. The van der Waals surface area contributed by atoms with Crippen molar-refractivity contribution in [1.82, 2.24) is 10.6 Å². The van der Waals surface area contributed by atoms with Gasteiger partial charge in [-0.1, -0.05) is 24.3 Å². The molecule has 8 heteroatoms. The number of hydrogen-bond donors (Lipinski definition) is 3. The third kappa shape index (κ3) is 5.80. The summed E-state index contributed by atoms with van der Waals surface area (Å²) in [5.41, 5.74) is 0.461. The fourth-order valence-electron chi connectivity index (χ4n) is 2.82. The van der Waals surface area contributed by atoms with Crippen LogP contribution < -0.4 is 16.0 Å². The van der Waals surface area contributed by atoms with Gasteiger partial charge in [-0.3, -0.25) is 9.59 Å². The molecule has 0 bridgehead atoms. The number of rotatable bonds is 7. The number of alkyl halides is 3. The predicted octanol–water partition coefficient (Wildman–Crippen LogP) is 3.89. The molecule has 0 radical (unpaired) electrons. The van der Waals surface area contributed by atoms with Crippen LogP contribution in [0, 0.1) is 0 Å². The van der Waals surface area contributed by atoms with Crippen molar-refractivity contribution in [1.29, 1.82) is 0 Å². The largest absolute Gasteiger partial charge is 0.416 e. The maximum absolute atomic E-state index is 12.9. The summed E-state index contributed by atoms with van der Waals surface area (Å²) in [6.45, 7) is 1.57. The van der Waals surface area contributed by atoms with E-state index in [9.17, 15) is 22.8 Å². The summed E-state index contributed by atoms with van der Waals surface area (Å²) >= 11 is 0. The monoisotopic (exact) mass is 405 g/mol. The highest BCUT2D eigenvalue weighted by molar-refractivity contribution is 6.04. The highest BCUT2D eigenvalue weighted by Crippen LogP contribution is 2.30. The van der Waals surface area contributed by atoms with Crippen molar-refractivity contribution in [2.45, 2.75) is 38.0 Å². The number of para-hydroxylation sites is 1. The maximum Gasteiger partial charge on any atom is 0.416 e. The second kappa shape index (κ2) is 8.65. The molecule has 1 unspecified atom stereocenters. The normalized spacial score (nSPS) is 14.9. The first-order valence-electron chi connectivity index (χ1n) is 9.34. The molecule has 29 heavy (non-hydrogen) atoms. The molecule has 0 heterocycles. The molecule has 5 nitrogen and oxygen atoms in total. The Kier molecular flexibility index (Phi) is 6.22. The molecule has 3 N–H and O–H groups in total. The fraction of sp³-hybridized carbons (Fsp3) is 0.333. The number of hydrogen-bond acceptors (Lipinski definition) is 3. The Morgan fingerprint density at radius 3 is 2.52 bits per heavy atom. The standard InChI is InChI=1S/C21H22F3N3O2/c1-13(14-5-4-6-15(11-14)21(22,23)24)25-12-19(28)27-18-8-3-2-7-17(18)20(29)26-16-9-10-16/h2-8,11,13,16,25H,9-10,12H2,1H3,(H,26,29)(H,27,28). The van der Waals surface area contributed by atoms with Gasteiger partial charge >= 0.3 is 6.18 Å². The molecule has 0 aliphatic heterocycles. The molecule has 1 aliphatic rings. The molecule has 1 atom stereocenters. The highest BCUT2D eigenvalue weighted by atomic mass is 19.4. The van der Waals surface area contributed by atoms with Crippen molar-refractivity contribution >= 4 is 17.5 Å². The minimum Gasteiger partial charge on any atom is -0.349 e. The van der Waals surface area contributed by atoms with Gasteiger partial charge in [0.15, 0.2) is 0 Å². The zero-order chi connectivity index (χ0) is 21.0. The lowest BCUT2D eigenvalue weighted by atomic mass is 10.0. The Labute approximate surface area is 166 Å². The van der Waals surface area contributed by atoms with E-state index in [-0.39, 0.29) is 18.5 Å². The lowest BCUT2D eigenvalue weighted by Gasteiger charge is -2.17. The molecular weight excluding hydrogens is 383 g/mol. The summed E-state index contributed by atoms with van der Waals surface area (Å²) in [7, 11) is 0. The summed E-state index contributed by atoms with van der Waals surface area (Å²) in [5.74, 6) is -0.635. The van der Waals surface area contributed by atoms with Crippen LogP contribution in [0.2, 0.25) is 0 Å². The summed E-state index contributed by atoms with van der Waals surface area (Å²) in [4.78, 5) is 24.6. The van der Waals surface area contributed by atoms with Gasteiger partial charge in [0.25, 0.3) is 5.91 Å². The maximum atomic E-state index is 12.9. The molecule has 1 saturated carbocycles. The van der Waals surface area contributed by atoms with Crippen LogP contribution >= 0.6 is 0 Å². The van der Waals surface area contributed by atoms with E-state index < -0.39 is 23.7 Å². The molecule has 1 fully saturated rings. The first-order valence-corrected chi connectivity index (χ1v) is 9.34. The van der Waals surface area contributed by atoms with Crippen LogP contribution in [0.25, 0.3) is 0 Å². The Hall–Kier alpha value is -2.87. The number of anilines is 1. The number of amides is 2. The number of benzene rings is 2. The average Bonchev–Trinajstić information content (AvgIpc) is 3.50. The number of carbonyl (C=O) groups excluding carboxylic acids is 2. The SMILES string of the molecule is CC(NCC(=O)Nc1ccccc1C(=O)NC1CC1)c1cccc(C(F)(F)F)c1. The van der Waals surface area contributed by atoms with E-state index in [1.165, 1.54) is 6.07 Å². The minimum absolute atomic E-state index is 0.115. The molecule has 154 valence electrons. The van der Waals surface area contributed by atoms with Crippen LogP contribution in [0.1, 0.15) is 47.3 Å². The summed E-state index contributed by atoms with van der Waals surface area (Å²) in [5, 5.41) is 8.47. The topological polar surface area (TPSA) is 70.2 Å². The summed E-state index contributed by atoms with van der Waals surface area (Å²) in [6, 6.07) is 11.4. The molecule has 0 spiro atoms. The smallest absolute Gasteiger partial charge is 0.349 e. The van der Waals surface area contributed by atoms with Gasteiger partial charge in [-0.15, -0.1) is 0 Å². The minimum atomic E-state index is -4.42. The third-order valence-electron chi connectivity index (χ3n) is 4.64. The van der Waals surface area contributed by atoms with Crippen molar-refractivity contribution in [2.24, 2.45) is 0 Å². The number of nitrogens with one attached hydrogen (secondary N) is 3. The van der Waals surface area contributed by atoms with Crippen LogP contribution in [-0.4, -0.2) is 24.4 Å². The van der Waals surface area contributed by atoms with E-state index in [4.69, 9.17) is 0 Å². The van der Waals surface area contributed by atoms with Crippen molar-refractivity contribution in [3.05, 3.63) is 65.2 Å². The molecule has 2 aromatic rings. The van der Waals surface area contributed by atoms with Gasteiger partial charge < -0.3 is 16.0 Å². The first-order chi connectivity index (χ1) is 13.7. The van der Waals surface area contributed by atoms with Crippen LogP contribution in [0.15, 0.2) is 48.5 Å². The van der Waals surface area contributed by atoms with Crippen LogP contribution in [0.5, 0.6) is 0 Å². The molecule has 2 aromatic carbocycles. The van der Waals surface area contributed by atoms with E-state index in [1.54, 1.807) is 37.3 Å². The predicted molar refractivity (Wildman–Crippen MR) is 103 cm³/mol. The number of carbonyl (C=O) groups is 2. The highest BCUT2D eigenvalue weighted by Gasteiger charge is 2.30. The zero-order valence-corrected chi connectivity index (χ0v) is 15.8. The summed E-state index contributed by atoms with van der Waals surface area (Å²) in [6.07, 6.45) is -2.51. The van der Waals surface area contributed by atoms with Crippen molar-refractivity contribution in [2.75, 3.05) is 11.9 Å². The van der Waals surface area contributed by atoms with E-state index in [1.807, 2.05) is 0 Å². The summed E-state index contributed by atoms with van der Waals surface area (Å²) < 4.78 is 38.6. The van der Waals surface area contributed by atoms with Crippen LogP contribution in [-0.2, 0) is 11.0 Å². The van der Waals surface area contributed by atoms with Gasteiger partial charge in [0.1, 0.15) is 0 Å². The van der Waals surface area contributed by atoms with Crippen molar-refractivity contribution < 1.29 is 22.8 Å². The van der Waals surface area contributed by atoms with Crippen LogP contribution in [0.3, 0.4) is 0 Å². The van der Waals surface area contributed by atoms with Gasteiger partial charge in [0.2, 0.25) is 5.91 Å². The molecule has 2 amide bonds. The van der Waals surface area contributed by atoms with Gasteiger partial charge in [0.05, 0.1) is 23.4 Å². The molecular formula is C21H22F3N3O2. The Morgan fingerprint density at radius 1 is 1.10 bits per heavy atom. The fourth-order valence-corrected chi connectivity index (χ4v) is 2.82. The van der Waals surface area contributed by atoms with Crippen LogP contribution in [0.4, 0.5) is 18.9 Å². The Balaban J connectivity index is 1.58. The number of halogens is 3. The van der Waals surface area contributed by atoms with E-state index in [0.717, 1.165) is 25.0 Å². The van der Waals surface area contributed by atoms with Gasteiger partial charge in [-0.25, -0.2) is 0 Å².